The van der Waals surface area contributed by atoms with Gasteiger partial charge in [-0.2, -0.15) is 0 Å². The maximum atomic E-state index is 13.1. The maximum absolute atomic E-state index is 13.1. The smallest absolute Gasteiger partial charge is 0.270 e. The number of nitrogens with zero attached hydrogens (tertiary/aromatic N) is 4. The van der Waals surface area contributed by atoms with Crippen LogP contribution in [-0.4, -0.2) is 59.0 Å². The van der Waals surface area contributed by atoms with E-state index in [1.165, 1.54) is 18.5 Å². The fourth-order valence-electron chi connectivity index (χ4n) is 6.58. The molecule has 188 valence electrons. The summed E-state index contributed by atoms with van der Waals surface area (Å²) in [6.45, 7) is 15.9. The fourth-order valence-corrected chi connectivity index (χ4v) is 6.58. The lowest BCUT2D eigenvalue weighted by Crippen LogP contribution is -2.48. The van der Waals surface area contributed by atoms with E-state index in [9.17, 15) is 4.79 Å². The lowest BCUT2D eigenvalue weighted by molar-refractivity contribution is 0.0821. The van der Waals surface area contributed by atoms with Crippen molar-refractivity contribution < 1.29 is 4.79 Å². The van der Waals surface area contributed by atoms with Crippen molar-refractivity contribution in [1.82, 2.24) is 20.2 Å². The van der Waals surface area contributed by atoms with Crippen molar-refractivity contribution in [1.29, 1.82) is 0 Å². The molecule has 1 aliphatic heterocycles. The van der Waals surface area contributed by atoms with Gasteiger partial charge in [0.2, 0.25) is 5.95 Å². The summed E-state index contributed by atoms with van der Waals surface area (Å²) in [6, 6.07) is 10.9. The third kappa shape index (κ3) is 4.39. The number of nitrogens with one attached hydrogen (secondary N) is 2. The first kappa shape index (κ1) is 24.0. The van der Waals surface area contributed by atoms with Gasteiger partial charge in [0.1, 0.15) is 5.69 Å². The van der Waals surface area contributed by atoms with E-state index in [-0.39, 0.29) is 22.8 Å². The second-order valence-electron chi connectivity index (χ2n) is 11.7. The molecule has 7 nitrogen and oxygen atoms in total. The number of anilines is 3. The molecule has 3 fully saturated rings. The molecule has 0 radical (unpaired) electrons. The number of piperazine rings is 1. The number of carbonyl (C=O) groups excluding carboxylic acids is 1. The standard InChI is InChI=1S/C28H40N6O/c1-19(2)33-14-16-34(17-15-33)22-8-6-21(7-9-22)30-26-29-13-11-23(31-26)25(35)32-24-18-20-10-12-28(24,5)27(20,3)4/h6-9,11,13,19-20,24H,10,12,14-18H2,1-5H3,(H,32,35)(H,29,30,31). The molecule has 2 heterocycles. The quantitative estimate of drug-likeness (QED) is 0.630. The van der Waals surface area contributed by atoms with E-state index in [1.54, 1.807) is 12.3 Å². The number of fused-ring (bicyclic) bond motifs is 2. The largest absolute Gasteiger partial charge is 0.369 e. The number of amides is 1. The Morgan fingerprint density at radius 3 is 2.37 bits per heavy atom. The molecule has 1 aromatic carbocycles. The van der Waals surface area contributed by atoms with Crippen LogP contribution in [0.5, 0.6) is 0 Å². The molecule has 2 saturated carbocycles. The second kappa shape index (κ2) is 9.08. The van der Waals surface area contributed by atoms with Gasteiger partial charge >= 0.3 is 0 Å². The molecule has 1 aromatic heterocycles. The molecule has 3 aliphatic rings. The summed E-state index contributed by atoms with van der Waals surface area (Å²) in [5.41, 5.74) is 2.96. The van der Waals surface area contributed by atoms with E-state index < -0.39 is 0 Å². The first-order chi connectivity index (χ1) is 16.7. The van der Waals surface area contributed by atoms with Gasteiger partial charge in [0.15, 0.2) is 0 Å². The Kier molecular flexibility index (Phi) is 6.24. The lowest BCUT2D eigenvalue weighted by atomic mass is 9.69. The van der Waals surface area contributed by atoms with Crippen LogP contribution >= 0.6 is 0 Å². The molecule has 1 saturated heterocycles. The van der Waals surface area contributed by atoms with Crippen LogP contribution in [0.3, 0.4) is 0 Å². The van der Waals surface area contributed by atoms with Gasteiger partial charge in [-0.1, -0.05) is 20.8 Å². The van der Waals surface area contributed by atoms with Crippen LogP contribution in [0.1, 0.15) is 64.4 Å². The van der Waals surface area contributed by atoms with Gasteiger partial charge in [0.05, 0.1) is 0 Å². The van der Waals surface area contributed by atoms with Crippen molar-refractivity contribution in [3.63, 3.8) is 0 Å². The predicted molar refractivity (Wildman–Crippen MR) is 141 cm³/mol. The van der Waals surface area contributed by atoms with Gasteiger partial charge in [0, 0.05) is 55.8 Å². The van der Waals surface area contributed by atoms with E-state index in [0.29, 0.717) is 23.6 Å². The van der Waals surface area contributed by atoms with E-state index in [4.69, 9.17) is 0 Å². The zero-order chi connectivity index (χ0) is 24.8. The maximum Gasteiger partial charge on any atom is 0.270 e. The van der Waals surface area contributed by atoms with Crippen molar-refractivity contribution in [2.75, 3.05) is 36.4 Å². The molecule has 1 amide bonds. The monoisotopic (exact) mass is 476 g/mol. The zero-order valence-corrected chi connectivity index (χ0v) is 21.8. The van der Waals surface area contributed by atoms with Gasteiger partial charge in [-0.05, 0) is 80.2 Å². The molecule has 2 N–H and O–H groups in total. The minimum atomic E-state index is -0.110. The van der Waals surface area contributed by atoms with E-state index in [1.807, 2.05) is 0 Å². The first-order valence-electron chi connectivity index (χ1n) is 13.2. The number of benzene rings is 1. The second-order valence-corrected chi connectivity index (χ2v) is 11.7. The summed E-state index contributed by atoms with van der Waals surface area (Å²) in [5.74, 6) is 1.01. The summed E-state index contributed by atoms with van der Waals surface area (Å²) in [4.78, 5) is 26.9. The molecule has 2 aliphatic carbocycles. The normalized spacial score (nSPS) is 27.9. The Balaban J connectivity index is 1.20. The van der Waals surface area contributed by atoms with Gasteiger partial charge < -0.3 is 15.5 Å². The van der Waals surface area contributed by atoms with Crippen LogP contribution in [-0.2, 0) is 0 Å². The molecule has 2 aromatic rings. The molecule has 0 spiro atoms. The summed E-state index contributed by atoms with van der Waals surface area (Å²) < 4.78 is 0. The van der Waals surface area contributed by atoms with E-state index in [2.05, 4.69) is 89.3 Å². The zero-order valence-electron chi connectivity index (χ0n) is 21.8. The molecule has 7 heteroatoms. The van der Waals surface area contributed by atoms with E-state index in [0.717, 1.165) is 38.3 Å². The van der Waals surface area contributed by atoms with Crippen LogP contribution in [0, 0.1) is 16.7 Å². The van der Waals surface area contributed by atoms with Gasteiger partial charge in [-0.15, -0.1) is 0 Å². The SMILES string of the molecule is CC(C)N1CCN(c2ccc(Nc3nccc(C(=O)NC4CC5CCC4(C)C5(C)C)n3)cc2)CC1. The average Bonchev–Trinajstić information content (AvgIpc) is 3.18. The van der Waals surface area contributed by atoms with Crippen LogP contribution in [0.25, 0.3) is 0 Å². The predicted octanol–water partition coefficient (Wildman–Crippen LogP) is 4.70. The minimum Gasteiger partial charge on any atom is -0.369 e. The van der Waals surface area contributed by atoms with Crippen molar-refractivity contribution >= 4 is 23.2 Å². The summed E-state index contributed by atoms with van der Waals surface area (Å²) in [6.07, 6.45) is 5.16. The lowest BCUT2D eigenvalue weighted by Gasteiger charge is -2.39. The summed E-state index contributed by atoms with van der Waals surface area (Å²) >= 11 is 0. The molecule has 2 bridgehead atoms. The number of rotatable bonds is 6. The molecular formula is C28H40N6O. The van der Waals surface area contributed by atoms with Gasteiger partial charge in [0.25, 0.3) is 5.91 Å². The third-order valence-corrected chi connectivity index (χ3v) is 9.52. The third-order valence-electron chi connectivity index (χ3n) is 9.52. The highest BCUT2D eigenvalue weighted by Crippen LogP contribution is 2.65. The highest BCUT2D eigenvalue weighted by molar-refractivity contribution is 5.92. The van der Waals surface area contributed by atoms with Crippen molar-refractivity contribution in [3.05, 3.63) is 42.2 Å². The highest BCUT2D eigenvalue weighted by atomic mass is 16.2. The minimum absolute atomic E-state index is 0.110. The Morgan fingerprint density at radius 2 is 1.77 bits per heavy atom. The van der Waals surface area contributed by atoms with E-state index >= 15 is 0 Å². The fraction of sp³-hybridized carbons (Fsp3) is 0.607. The summed E-state index contributed by atoms with van der Waals surface area (Å²) in [7, 11) is 0. The Morgan fingerprint density at radius 1 is 1.06 bits per heavy atom. The van der Waals surface area contributed by atoms with Crippen LogP contribution < -0.4 is 15.5 Å². The van der Waals surface area contributed by atoms with Crippen molar-refractivity contribution in [2.45, 2.75) is 66.0 Å². The van der Waals surface area contributed by atoms with Crippen LogP contribution in [0.2, 0.25) is 0 Å². The topological polar surface area (TPSA) is 73.4 Å². The molecular weight excluding hydrogens is 436 g/mol. The number of carbonyl (C=O) groups is 1. The summed E-state index contributed by atoms with van der Waals surface area (Å²) in [5, 5.41) is 6.57. The van der Waals surface area contributed by atoms with Gasteiger partial charge in [-0.3, -0.25) is 9.69 Å². The Labute approximate surface area is 209 Å². The Bertz CT molecular complexity index is 1060. The first-order valence-corrected chi connectivity index (χ1v) is 13.2. The van der Waals surface area contributed by atoms with Crippen LogP contribution in [0.4, 0.5) is 17.3 Å². The number of aromatic nitrogens is 2. The highest BCUT2D eigenvalue weighted by Gasteiger charge is 2.61. The molecule has 35 heavy (non-hydrogen) atoms. The van der Waals surface area contributed by atoms with Crippen molar-refractivity contribution in [2.24, 2.45) is 16.7 Å². The van der Waals surface area contributed by atoms with Crippen LogP contribution in [0.15, 0.2) is 36.5 Å². The molecule has 5 rings (SSSR count). The number of hydrogen-bond donors (Lipinski definition) is 2. The van der Waals surface area contributed by atoms with Crippen molar-refractivity contribution in [3.8, 4) is 0 Å². The Hall–Kier alpha value is -2.67. The number of hydrogen-bond acceptors (Lipinski definition) is 6. The average molecular weight is 477 g/mol. The molecule has 3 atom stereocenters. The molecule has 3 unspecified atom stereocenters. The van der Waals surface area contributed by atoms with Gasteiger partial charge in [-0.25, -0.2) is 9.97 Å².